The highest BCUT2D eigenvalue weighted by molar-refractivity contribution is 6.37. The van der Waals surface area contributed by atoms with Crippen LogP contribution in [-0.4, -0.2) is 53.7 Å². The van der Waals surface area contributed by atoms with Crippen molar-refractivity contribution in [3.63, 3.8) is 0 Å². The minimum absolute atomic E-state index is 0.292. The number of benzene rings is 2. The van der Waals surface area contributed by atoms with E-state index in [9.17, 15) is 4.79 Å². The van der Waals surface area contributed by atoms with Gasteiger partial charge >= 0.3 is 0 Å². The van der Waals surface area contributed by atoms with E-state index in [1.165, 1.54) is 17.1 Å². The highest BCUT2D eigenvalue weighted by atomic mass is 35.5. The Bertz CT molecular complexity index is 1320. The minimum atomic E-state index is -0.292. The first-order chi connectivity index (χ1) is 15.8. The van der Waals surface area contributed by atoms with Crippen LogP contribution in [0.2, 0.25) is 10.0 Å². The lowest BCUT2D eigenvalue weighted by Gasteiger charge is -2.21. The van der Waals surface area contributed by atoms with Crippen LogP contribution < -0.4 is 15.8 Å². The molecule has 0 saturated heterocycles. The molecule has 0 fully saturated rings. The summed E-state index contributed by atoms with van der Waals surface area (Å²) in [5.74, 6) is 0.594. The Kier molecular flexibility index (Phi) is 6.83. The molecule has 0 bridgehead atoms. The fraction of sp³-hybridized carbons (Fsp3) is 0.208. The molecule has 2 aromatic heterocycles. The van der Waals surface area contributed by atoms with Gasteiger partial charge in [0.25, 0.3) is 5.56 Å². The molecule has 4 rings (SSSR count). The molecule has 1 N–H and O–H groups in total. The van der Waals surface area contributed by atoms with Gasteiger partial charge in [0.1, 0.15) is 12.1 Å². The lowest BCUT2D eigenvalue weighted by molar-refractivity contribution is 0.416. The molecule has 170 valence electrons. The van der Waals surface area contributed by atoms with Gasteiger partial charge in [-0.3, -0.25) is 9.36 Å². The van der Waals surface area contributed by atoms with Crippen LogP contribution in [0.5, 0.6) is 0 Å². The maximum Gasteiger partial charge on any atom is 0.267 e. The number of likely N-dealkylation sites (N-methyl/N-ethyl adjacent to an activating group) is 2. The quantitative estimate of drug-likeness (QED) is 0.406. The van der Waals surface area contributed by atoms with Crippen LogP contribution in [0.25, 0.3) is 16.6 Å². The third-order valence-electron chi connectivity index (χ3n) is 5.29. The van der Waals surface area contributed by atoms with Gasteiger partial charge in [-0.15, -0.1) is 0 Å². The number of rotatable bonds is 7. The van der Waals surface area contributed by atoms with E-state index in [2.05, 4.69) is 58.4 Å². The number of nitrogens with zero attached hydrogens (tertiary/aromatic N) is 5. The third kappa shape index (κ3) is 5.11. The predicted octanol–water partition coefficient (Wildman–Crippen LogP) is 4.83. The van der Waals surface area contributed by atoms with Crippen LogP contribution in [0.3, 0.4) is 0 Å². The molecule has 0 atom stereocenters. The number of halogens is 2. The Balaban J connectivity index is 1.56. The first-order valence-corrected chi connectivity index (χ1v) is 11.1. The first kappa shape index (κ1) is 23.0. The van der Waals surface area contributed by atoms with Crippen molar-refractivity contribution in [2.45, 2.75) is 0 Å². The Hall–Kier alpha value is -3.13. The largest absolute Gasteiger partial charge is 0.373 e. The lowest BCUT2D eigenvalue weighted by atomic mass is 10.2. The van der Waals surface area contributed by atoms with Gasteiger partial charge in [-0.25, -0.2) is 9.97 Å². The average Bonchev–Trinajstić information content (AvgIpc) is 2.79. The zero-order chi connectivity index (χ0) is 23.5. The second-order valence-electron chi connectivity index (χ2n) is 7.97. The van der Waals surface area contributed by atoms with Crippen LogP contribution in [0.15, 0.2) is 65.8 Å². The van der Waals surface area contributed by atoms with Crippen LogP contribution in [0.1, 0.15) is 0 Å². The van der Waals surface area contributed by atoms with Gasteiger partial charge in [0.15, 0.2) is 0 Å². The van der Waals surface area contributed by atoms with Crippen molar-refractivity contribution in [1.29, 1.82) is 0 Å². The zero-order valence-corrected chi connectivity index (χ0v) is 20.1. The molecular weight excluding hydrogens is 459 g/mol. The van der Waals surface area contributed by atoms with Crippen LogP contribution >= 0.6 is 23.2 Å². The number of pyridine rings is 1. The van der Waals surface area contributed by atoms with Crippen molar-refractivity contribution < 1.29 is 0 Å². The second-order valence-corrected chi connectivity index (χ2v) is 8.79. The van der Waals surface area contributed by atoms with Crippen molar-refractivity contribution >= 4 is 51.3 Å². The summed E-state index contributed by atoms with van der Waals surface area (Å²) in [6, 6.07) is 14.9. The van der Waals surface area contributed by atoms with Crippen LogP contribution in [0, 0.1) is 0 Å². The fourth-order valence-electron chi connectivity index (χ4n) is 3.39. The van der Waals surface area contributed by atoms with Gasteiger partial charge < -0.3 is 15.1 Å². The molecule has 4 aromatic rings. The Morgan fingerprint density at radius 1 is 0.970 bits per heavy atom. The molecule has 0 aliphatic heterocycles. The Labute approximate surface area is 202 Å². The number of hydrogen-bond donors (Lipinski definition) is 1. The van der Waals surface area contributed by atoms with Crippen molar-refractivity contribution in [3.8, 4) is 5.69 Å². The van der Waals surface area contributed by atoms with E-state index in [1.54, 1.807) is 24.3 Å². The van der Waals surface area contributed by atoms with Crippen molar-refractivity contribution in [3.05, 3.63) is 81.5 Å². The molecule has 0 aliphatic rings. The third-order valence-corrected chi connectivity index (χ3v) is 5.90. The van der Waals surface area contributed by atoms with E-state index in [-0.39, 0.29) is 5.56 Å². The standard InChI is InChI=1S/C24H24Cl2N6O/c1-30(2)11-12-31(3)17-9-7-16(8-10-17)29-22-13-21-18(14-27-22)24(33)32(15-28-21)23-19(25)5-4-6-20(23)26/h4-10,13-15H,11-12H2,1-3H3,(H,27,29). The zero-order valence-electron chi connectivity index (χ0n) is 18.6. The number of fused-ring (bicyclic) bond motifs is 1. The number of hydrogen-bond acceptors (Lipinski definition) is 6. The molecule has 0 saturated carbocycles. The maximum absolute atomic E-state index is 13.0. The van der Waals surface area contributed by atoms with Crippen molar-refractivity contribution in [1.82, 2.24) is 19.4 Å². The summed E-state index contributed by atoms with van der Waals surface area (Å²) in [6.07, 6.45) is 2.94. The molecule has 33 heavy (non-hydrogen) atoms. The number of nitrogens with one attached hydrogen (secondary N) is 1. The van der Waals surface area contributed by atoms with Crippen molar-refractivity contribution in [2.24, 2.45) is 0 Å². The average molecular weight is 483 g/mol. The molecule has 0 unspecified atom stereocenters. The molecule has 0 amide bonds. The van der Waals surface area contributed by atoms with Gasteiger partial charge in [-0.1, -0.05) is 29.3 Å². The maximum atomic E-state index is 13.0. The minimum Gasteiger partial charge on any atom is -0.373 e. The molecular formula is C24H24Cl2N6O. The van der Waals surface area contributed by atoms with Crippen LogP contribution in [0.4, 0.5) is 17.2 Å². The highest BCUT2D eigenvalue weighted by Crippen LogP contribution is 2.27. The van der Waals surface area contributed by atoms with E-state index >= 15 is 0 Å². The summed E-state index contributed by atoms with van der Waals surface area (Å²) in [5.41, 5.74) is 2.66. The smallest absolute Gasteiger partial charge is 0.267 e. The van der Waals surface area contributed by atoms with Gasteiger partial charge in [0.05, 0.1) is 26.6 Å². The SMILES string of the molecule is CN(C)CCN(C)c1ccc(Nc2cc3ncn(-c4c(Cl)cccc4Cl)c(=O)c3cn2)cc1. The van der Waals surface area contributed by atoms with Gasteiger partial charge in [0, 0.05) is 43.8 Å². The highest BCUT2D eigenvalue weighted by Gasteiger charge is 2.13. The fourth-order valence-corrected chi connectivity index (χ4v) is 3.97. The normalized spacial score (nSPS) is 11.2. The summed E-state index contributed by atoms with van der Waals surface area (Å²) in [6.45, 7) is 1.92. The molecule has 0 radical (unpaired) electrons. The molecule has 2 heterocycles. The van der Waals surface area contributed by atoms with E-state index in [0.717, 1.165) is 24.5 Å². The molecule has 0 spiro atoms. The lowest BCUT2D eigenvalue weighted by Crippen LogP contribution is -2.28. The van der Waals surface area contributed by atoms with E-state index in [1.807, 2.05) is 12.1 Å². The molecule has 0 aliphatic carbocycles. The van der Waals surface area contributed by atoms with E-state index < -0.39 is 0 Å². The second kappa shape index (κ2) is 9.79. The summed E-state index contributed by atoms with van der Waals surface area (Å²) >= 11 is 12.5. The summed E-state index contributed by atoms with van der Waals surface area (Å²) in [4.78, 5) is 26.2. The first-order valence-electron chi connectivity index (χ1n) is 10.4. The number of anilines is 3. The van der Waals surface area contributed by atoms with Crippen LogP contribution in [-0.2, 0) is 0 Å². The van der Waals surface area contributed by atoms with Gasteiger partial charge in [0.2, 0.25) is 0 Å². The summed E-state index contributed by atoms with van der Waals surface area (Å²) in [7, 11) is 6.20. The van der Waals surface area contributed by atoms with Crippen molar-refractivity contribution in [2.75, 3.05) is 44.4 Å². The molecule has 2 aromatic carbocycles. The summed E-state index contributed by atoms with van der Waals surface area (Å²) < 4.78 is 1.34. The van der Waals surface area contributed by atoms with Gasteiger partial charge in [-0.2, -0.15) is 0 Å². The topological polar surface area (TPSA) is 66.3 Å². The Morgan fingerprint density at radius 2 is 1.67 bits per heavy atom. The molecule has 9 heteroatoms. The Morgan fingerprint density at radius 3 is 2.33 bits per heavy atom. The monoisotopic (exact) mass is 482 g/mol. The van der Waals surface area contributed by atoms with E-state index in [0.29, 0.717) is 32.5 Å². The van der Waals surface area contributed by atoms with E-state index in [4.69, 9.17) is 23.2 Å². The number of aromatic nitrogens is 3. The summed E-state index contributed by atoms with van der Waals surface area (Å²) in [5, 5.41) is 4.38. The predicted molar refractivity (Wildman–Crippen MR) is 137 cm³/mol. The number of para-hydroxylation sites is 1. The van der Waals surface area contributed by atoms with Gasteiger partial charge in [-0.05, 0) is 50.5 Å². The molecule has 7 nitrogen and oxygen atoms in total.